The Balaban J connectivity index is 1.75. The van der Waals surface area contributed by atoms with E-state index >= 15 is 0 Å². The van der Waals surface area contributed by atoms with Crippen molar-refractivity contribution in [3.05, 3.63) is 78.0 Å². The molecule has 0 saturated carbocycles. The SMILES string of the molecule is C=C1NC(=S)N[C@H](c2ccc(OCCC)cc2)[C@H]1C(=O)OCc1ccccc1. The standard InChI is InChI=1S/C22H24N2O3S/c1-3-13-26-18-11-9-17(10-12-18)20-19(15(2)23-22(28)24-20)21(25)27-14-16-7-5-4-6-8-16/h4-12,19-20H,2-3,13-14H2,1H3,(H2,23,24,28)/t19-,20+/m0/s1. The summed E-state index contributed by atoms with van der Waals surface area (Å²) >= 11 is 5.26. The minimum atomic E-state index is -0.599. The zero-order chi connectivity index (χ0) is 19.9. The van der Waals surface area contributed by atoms with Crippen LogP contribution < -0.4 is 15.4 Å². The van der Waals surface area contributed by atoms with Crippen molar-refractivity contribution in [3.8, 4) is 5.75 Å². The molecule has 1 saturated heterocycles. The zero-order valence-corrected chi connectivity index (χ0v) is 16.6. The van der Waals surface area contributed by atoms with Gasteiger partial charge >= 0.3 is 5.97 Å². The molecule has 2 atom stereocenters. The minimum absolute atomic E-state index is 0.213. The fraction of sp³-hybridized carbons (Fsp3) is 0.273. The van der Waals surface area contributed by atoms with Crippen LogP contribution in [-0.4, -0.2) is 17.7 Å². The zero-order valence-electron chi connectivity index (χ0n) is 15.8. The fourth-order valence-corrected chi connectivity index (χ4v) is 3.31. The average Bonchev–Trinajstić information content (AvgIpc) is 2.71. The van der Waals surface area contributed by atoms with Gasteiger partial charge in [-0.1, -0.05) is 56.0 Å². The van der Waals surface area contributed by atoms with E-state index in [2.05, 4.69) is 24.1 Å². The highest BCUT2D eigenvalue weighted by molar-refractivity contribution is 7.80. The number of hydrogen-bond acceptors (Lipinski definition) is 4. The van der Waals surface area contributed by atoms with Gasteiger partial charge in [-0.15, -0.1) is 0 Å². The third-order valence-corrected chi connectivity index (χ3v) is 4.68. The van der Waals surface area contributed by atoms with E-state index in [-0.39, 0.29) is 18.6 Å². The van der Waals surface area contributed by atoms with Crippen LogP contribution in [0.25, 0.3) is 0 Å². The highest BCUT2D eigenvalue weighted by atomic mass is 32.1. The molecule has 0 radical (unpaired) electrons. The number of carbonyl (C=O) groups excluding carboxylic acids is 1. The number of esters is 1. The molecule has 0 spiro atoms. The van der Waals surface area contributed by atoms with Gasteiger partial charge in [0, 0.05) is 5.70 Å². The molecule has 0 bridgehead atoms. The van der Waals surface area contributed by atoms with Crippen LogP contribution >= 0.6 is 12.2 Å². The van der Waals surface area contributed by atoms with Crippen LogP contribution in [0.1, 0.15) is 30.5 Å². The van der Waals surface area contributed by atoms with E-state index in [1.54, 1.807) is 0 Å². The van der Waals surface area contributed by atoms with E-state index in [1.807, 2.05) is 54.6 Å². The number of carbonyl (C=O) groups is 1. The molecule has 1 aliphatic heterocycles. The number of benzene rings is 2. The molecule has 28 heavy (non-hydrogen) atoms. The number of hydrogen-bond donors (Lipinski definition) is 2. The molecule has 6 heteroatoms. The van der Waals surface area contributed by atoms with Gasteiger partial charge < -0.3 is 20.1 Å². The maximum absolute atomic E-state index is 12.8. The third-order valence-electron chi connectivity index (χ3n) is 4.46. The van der Waals surface area contributed by atoms with Crippen molar-refractivity contribution in [2.24, 2.45) is 5.92 Å². The summed E-state index contributed by atoms with van der Waals surface area (Å²) in [7, 11) is 0. The number of thiocarbonyl (C=S) groups is 1. The van der Waals surface area contributed by atoms with Gasteiger partial charge in [-0.2, -0.15) is 0 Å². The second-order valence-electron chi connectivity index (χ2n) is 6.59. The van der Waals surface area contributed by atoms with Crippen molar-refractivity contribution in [2.75, 3.05) is 6.61 Å². The van der Waals surface area contributed by atoms with Gasteiger partial charge in [-0.25, -0.2) is 0 Å². The Bertz CT molecular complexity index is 837. The van der Waals surface area contributed by atoms with E-state index in [0.717, 1.165) is 23.3 Å². The fourth-order valence-electron chi connectivity index (χ4n) is 3.05. The largest absolute Gasteiger partial charge is 0.494 e. The Labute approximate surface area is 170 Å². The van der Waals surface area contributed by atoms with E-state index in [1.165, 1.54) is 0 Å². The molecular weight excluding hydrogens is 372 g/mol. The summed E-state index contributed by atoms with van der Waals surface area (Å²) in [5.74, 6) is -0.158. The van der Waals surface area contributed by atoms with Crippen LogP contribution in [-0.2, 0) is 16.1 Å². The van der Waals surface area contributed by atoms with Crippen molar-refractivity contribution in [2.45, 2.75) is 26.0 Å². The molecule has 0 aliphatic carbocycles. The van der Waals surface area contributed by atoms with E-state index in [9.17, 15) is 4.79 Å². The van der Waals surface area contributed by atoms with Crippen LogP contribution in [0, 0.1) is 5.92 Å². The first kappa shape index (κ1) is 19.9. The first-order chi connectivity index (χ1) is 13.6. The first-order valence-electron chi connectivity index (χ1n) is 9.28. The second kappa shape index (κ2) is 9.37. The molecule has 2 N–H and O–H groups in total. The van der Waals surface area contributed by atoms with Gasteiger partial charge in [0.25, 0.3) is 0 Å². The summed E-state index contributed by atoms with van der Waals surface area (Å²) in [6.45, 7) is 6.93. The molecule has 146 valence electrons. The molecule has 0 amide bonds. The lowest BCUT2D eigenvalue weighted by molar-refractivity contribution is -0.149. The van der Waals surface area contributed by atoms with E-state index in [0.29, 0.717) is 17.4 Å². The van der Waals surface area contributed by atoms with Crippen LogP contribution in [0.5, 0.6) is 5.75 Å². The van der Waals surface area contributed by atoms with Gasteiger partial charge in [0.1, 0.15) is 18.3 Å². The topological polar surface area (TPSA) is 59.6 Å². The summed E-state index contributed by atoms with van der Waals surface area (Å²) in [5, 5.41) is 6.56. The quantitative estimate of drug-likeness (QED) is 0.547. The van der Waals surface area contributed by atoms with E-state index in [4.69, 9.17) is 21.7 Å². The molecule has 2 aromatic carbocycles. The van der Waals surface area contributed by atoms with Gasteiger partial charge in [-0.3, -0.25) is 4.79 Å². The molecule has 1 fully saturated rings. The first-order valence-corrected chi connectivity index (χ1v) is 9.69. The molecular formula is C22H24N2O3S. The summed E-state index contributed by atoms with van der Waals surface area (Å²) in [4.78, 5) is 12.8. The number of ether oxygens (including phenoxy) is 2. The highest BCUT2D eigenvalue weighted by Crippen LogP contribution is 2.31. The van der Waals surface area contributed by atoms with Crippen molar-refractivity contribution < 1.29 is 14.3 Å². The van der Waals surface area contributed by atoms with Crippen LogP contribution in [0.4, 0.5) is 0 Å². The van der Waals surface area contributed by atoms with Gasteiger partial charge in [0.05, 0.1) is 12.6 Å². The van der Waals surface area contributed by atoms with Gasteiger partial charge in [-0.05, 0) is 41.9 Å². The van der Waals surface area contributed by atoms with Crippen LogP contribution in [0.15, 0.2) is 66.9 Å². The van der Waals surface area contributed by atoms with E-state index < -0.39 is 5.92 Å². The van der Waals surface area contributed by atoms with Crippen LogP contribution in [0.3, 0.4) is 0 Å². The Morgan fingerprint density at radius 3 is 2.54 bits per heavy atom. The average molecular weight is 397 g/mol. The van der Waals surface area contributed by atoms with Gasteiger partial charge in [0.15, 0.2) is 5.11 Å². The molecule has 0 aromatic heterocycles. The van der Waals surface area contributed by atoms with Gasteiger partial charge in [0.2, 0.25) is 0 Å². The van der Waals surface area contributed by atoms with Crippen LogP contribution in [0.2, 0.25) is 0 Å². The van der Waals surface area contributed by atoms with Crippen molar-refractivity contribution >= 4 is 23.3 Å². The lowest BCUT2D eigenvalue weighted by atomic mass is 9.89. The summed E-state index contributed by atoms with van der Waals surface area (Å²) < 4.78 is 11.2. The maximum Gasteiger partial charge on any atom is 0.317 e. The normalized spacial score (nSPS) is 18.8. The lowest BCUT2D eigenvalue weighted by Gasteiger charge is -2.34. The second-order valence-corrected chi connectivity index (χ2v) is 7.00. The van der Waals surface area contributed by atoms with Crippen molar-refractivity contribution in [1.82, 2.24) is 10.6 Å². The lowest BCUT2D eigenvalue weighted by Crippen LogP contribution is -2.50. The van der Waals surface area contributed by atoms with Crippen molar-refractivity contribution in [1.29, 1.82) is 0 Å². The Morgan fingerprint density at radius 1 is 1.14 bits per heavy atom. The predicted molar refractivity (Wildman–Crippen MR) is 113 cm³/mol. The number of rotatable bonds is 7. The summed E-state index contributed by atoms with van der Waals surface area (Å²) in [6, 6.07) is 16.9. The highest BCUT2D eigenvalue weighted by Gasteiger charge is 2.37. The predicted octanol–water partition coefficient (Wildman–Crippen LogP) is 3.87. The molecule has 0 unspecified atom stereocenters. The number of nitrogens with one attached hydrogen (secondary N) is 2. The molecule has 5 nitrogen and oxygen atoms in total. The molecule has 1 aliphatic rings. The van der Waals surface area contributed by atoms with Crippen molar-refractivity contribution in [3.63, 3.8) is 0 Å². The molecule has 1 heterocycles. The minimum Gasteiger partial charge on any atom is -0.494 e. The maximum atomic E-state index is 12.8. The monoisotopic (exact) mass is 396 g/mol. The molecule has 2 aromatic rings. The Hall–Kier alpha value is -2.86. The summed E-state index contributed by atoms with van der Waals surface area (Å²) in [5.41, 5.74) is 2.37. The molecule has 3 rings (SSSR count). The third kappa shape index (κ3) is 4.89. The summed E-state index contributed by atoms with van der Waals surface area (Å²) in [6.07, 6.45) is 0.945. The Morgan fingerprint density at radius 2 is 1.86 bits per heavy atom. The Kier molecular flexibility index (Phi) is 6.66. The smallest absolute Gasteiger partial charge is 0.317 e.